The first kappa shape index (κ1) is 14.8. The summed E-state index contributed by atoms with van der Waals surface area (Å²) < 4.78 is 27.9. The number of amides is 1. The van der Waals surface area contributed by atoms with Gasteiger partial charge in [0.15, 0.2) is 0 Å². The van der Waals surface area contributed by atoms with E-state index < -0.39 is 10.0 Å². The fourth-order valence-electron chi connectivity index (χ4n) is 2.07. The summed E-state index contributed by atoms with van der Waals surface area (Å²) in [6, 6.07) is 4.81. The Morgan fingerprint density at radius 3 is 2.65 bits per heavy atom. The highest BCUT2D eigenvalue weighted by Crippen LogP contribution is 2.24. The second-order valence-corrected chi connectivity index (χ2v) is 6.43. The lowest BCUT2D eigenvalue weighted by atomic mass is 9.93. The molecule has 0 spiro atoms. The van der Waals surface area contributed by atoms with Crippen LogP contribution < -0.4 is 15.2 Å². The summed E-state index contributed by atoms with van der Waals surface area (Å²) in [7, 11) is -2.51. The van der Waals surface area contributed by atoms with Crippen LogP contribution in [0.1, 0.15) is 24.8 Å². The summed E-state index contributed by atoms with van der Waals surface area (Å²) in [5, 5.41) is 8.04. The summed E-state index contributed by atoms with van der Waals surface area (Å²) >= 11 is 0. The highest BCUT2D eigenvalue weighted by molar-refractivity contribution is 7.89. The number of sulfonamides is 1. The molecule has 1 aliphatic carbocycles. The van der Waals surface area contributed by atoms with Crippen LogP contribution in [-0.2, 0) is 21.2 Å². The molecule has 0 atom stereocenters. The monoisotopic (exact) mass is 298 g/mol. The van der Waals surface area contributed by atoms with Crippen molar-refractivity contribution in [3.63, 3.8) is 0 Å². The summed E-state index contributed by atoms with van der Waals surface area (Å²) in [6.45, 7) is 0. The van der Waals surface area contributed by atoms with Gasteiger partial charge in [-0.1, -0.05) is 6.07 Å². The highest BCUT2D eigenvalue weighted by atomic mass is 32.2. The Morgan fingerprint density at radius 2 is 2.15 bits per heavy atom. The van der Waals surface area contributed by atoms with Crippen molar-refractivity contribution in [3.05, 3.63) is 23.8 Å². The summed E-state index contributed by atoms with van der Waals surface area (Å²) in [5.74, 6) is 0.0656. The van der Waals surface area contributed by atoms with E-state index in [1.165, 1.54) is 19.2 Å². The molecule has 20 heavy (non-hydrogen) atoms. The van der Waals surface area contributed by atoms with Gasteiger partial charge in [-0.3, -0.25) is 4.79 Å². The minimum atomic E-state index is -3.88. The number of hydrogen-bond donors (Lipinski definition) is 2. The number of hydrogen-bond acceptors (Lipinski definition) is 4. The molecule has 6 nitrogen and oxygen atoms in total. The van der Waals surface area contributed by atoms with E-state index in [-0.39, 0.29) is 29.0 Å². The molecule has 2 rings (SSSR count). The van der Waals surface area contributed by atoms with E-state index in [0.29, 0.717) is 5.56 Å². The Bertz CT molecular complexity index is 609. The van der Waals surface area contributed by atoms with E-state index in [9.17, 15) is 13.2 Å². The quantitative estimate of drug-likeness (QED) is 0.829. The van der Waals surface area contributed by atoms with Gasteiger partial charge in [-0.05, 0) is 37.0 Å². The third-order valence-corrected chi connectivity index (χ3v) is 4.30. The minimum absolute atomic E-state index is 0.103. The summed E-state index contributed by atoms with van der Waals surface area (Å²) in [5.41, 5.74) is 0.589. The van der Waals surface area contributed by atoms with Gasteiger partial charge in [-0.2, -0.15) is 0 Å². The Morgan fingerprint density at radius 1 is 1.45 bits per heavy atom. The van der Waals surface area contributed by atoms with E-state index in [1.54, 1.807) is 6.07 Å². The van der Waals surface area contributed by atoms with Gasteiger partial charge in [0, 0.05) is 6.04 Å². The van der Waals surface area contributed by atoms with Crippen molar-refractivity contribution in [2.24, 2.45) is 5.14 Å². The van der Waals surface area contributed by atoms with Crippen LogP contribution in [0.5, 0.6) is 5.75 Å². The Hall–Kier alpha value is -1.60. The van der Waals surface area contributed by atoms with Crippen LogP contribution in [0.2, 0.25) is 0 Å². The Balaban J connectivity index is 2.14. The minimum Gasteiger partial charge on any atom is -0.495 e. The SMILES string of the molecule is COc1ccc(CC(=O)NC2CCC2)cc1S(N)(=O)=O. The molecule has 3 N–H and O–H groups in total. The van der Waals surface area contributed by atoms with E-state index in [0.717, 1.165) is 19.3 Å². The predicted octanol–water partition coefficient (Wildman–Crippen LogP) is 0.554. The van der Waals surface area contributed by atoms with E-state index in [1.807, 2.05) is 0 Å². The first-order chi connectivity index (χ1) is 9.40. The third kappa shape index (κ3) is 3.49. The van der Waals surface area contributed by atoms with Crippen molar-refractivity contribution < 1.29 is 17.9 Å². The number of carbonyl (C=O) groups is 1. The molecule has 0 aromatic heterocycles. The normalized spacial score (nSPS) is 15.5. The molecule has 1 aromatic carbocycles. The van der Waals surface area contributed by atoms with Gasteiger partial charge in [0.25, 0.3) is 0 Å². The van der Waals surface area contributed by atoms with E-state index >= 15 is 0 Å². The number of primary sulfonamides is 1. The van der Waals surface area contributed by atoms with Crippen LogP contribution in [0.15, 0.2) is 23.1 Å². The average Bonchev–Trinajstić information content (AvgIpc) is 2.33. The van der Waals surface area contributed by atoms with Gasteiger partial charge in [-0.15, -0.1) is 0 Å². The zero-order valence-corrected chi connectivity index (χ0v) is 12.1. The number of nitrogens with one attached hydrogen (secondary N) is 1. The van der Waals surface area contributed by atoms with E-state index in [4.69, 9.17) is 9.88 Å². The van der Waals surface area contributed by atoms with Crippen LogP contribution >= 0.6 is 0 Å². The van der Waals surface area contributed by atoms with Gasteiger partial charge in [0.2, 0.25) is 15.9 Å². The lowest BCUT2D eigenvalue weighted by Crippen LogP contribution is -2.40. The zero-order valence-electron chi connectivity index (χ0n) is 11.3. The van der Waals surface area contributed by atoms with Gasteiger partial charge < -0.3 is 10.1 Å². The number of carbonyl (C=O) groups excluding carboxylic acids is 1. The molecule has 0 heterocycles. The van der Waals surface area contributed by atoms with Gasteiger partial charge >= 0.3 is 0 Å². The molecule has 7 heteroatoms. The fraction of sp³-hybridized carbons (Fsp3) is 0.462. The number of ether oxygens (including phenoxy) is 1. The Kier molecular flexibility index (Phi) is 4.29. The van der Waals surface area contributed by atoms with Crippen molar-refractivity contribution in [2.45, 2.75) is 36.6 Å². The Labute approximate surface area is 118 Å². The van der Waals surface area contributed by atoms with Gasteiger partial charge in [-0.25, -0.2) is 13.6 Å². The van der Waals surface area contributed by atoms with Crippen molar-refractivity contribution in [2.75, 3.05) is 7.11 Å². The molecule has 110 valence electrons. The second-order valence-electron chi connectivity index (χ2n) is 4.90. The number of rotatable bonds is 5. The summed E-state index contributed by atoms with van der Waals surface area (Å²) in [6.07, 6.45) is 3.29. The molecular weight excluding hydrogens is 280 g/mol. The third-order valence-electron chi connectivity index (χ3n) is 3.37. The average molecular weight is 298 g/mol. The highest BCUT2D eigenvalue weighted by Gasteiger charge is 2.20. The lowest BCUT2D eigenvalue weighted by molar-refractivity contribution is -0.121. The molecular formula is C13H18N2O4S. The molecule has 0 bridgehead atoms. The topological polar surface area (TPSA) is 98.5 Å². The standard InChI is InChI=1S/C13H18N2O4S/c1-19-11-6-5-9(7-12(11)20(14,17)18)8-13(16)15-10-3-2-4-10/h5-7,10H,2-4,8H2,1H3,(H,15,16)(H2,14,17,18). The maximum absolute atomic E-state index is 11.8. The van der Waals surface area contributed by atoms with Crippen LogP contribution in [0.25, 0.3) is 0 Å². The smallest absolute Gasteiger partial charge is 0.241 e. The first-order valence-electron chi connectivity index (χ1n) is 6.39. The summed E-state index contributed by atoms with van der Waals surface area (Å²) in [4.78, 5) is 11.7. The van der Waals surface area contributed by atoms with Crippen LogP contribution in [0, 0.1) is 0 Å². The molecule has 0 unspecified atom stereocenters. The van der Waals surface area contributed by atoms with Crippen molar-refractivity contribution in [1.29, 1.82) is 0 Å². The molecule has 1 fully saturated rings. The molecule has 1 aliphatic rings. The van der Waals surface area contributed by atoms with Crippen molar-refractivity contribution >= 4 is 15.9 Å². The van der Waals surface area contributed by atoms with Crippen LogP contribution in [0.4, 0.5) is 0 Å². The molecule has 0 saturated heterocycles. The van der Waals surface area contributed by atoms with Crippen LogP contribution in [0.3, 0.4) is 0 Å². The van der Waals surface area contributed by atoms with Gasteiger partial charge in [0.1, 0.15) is 10.6 Å². The number of nitrogens with two attached hydrogens (primary N) is 1. The predicted molar refractivity (Wildman–Crippen MR) is 73.9 cm³/mol. The van der Waals surface area contributed by atoms with Crippen LogP contribution in [-0.4, -0.2) is 27.5 Å². The number of methoxy groups -OCH3 is 1. The fourth-order valence-corrected chi connectivity index (χ4v) is 2.82. The first-order valence-corrected chi connectivity index (χ1v) is 7.94. The molecule has 1 aromatic rings. The number of benzene rings is 1. The largest absolute Gasteiger partial charge is 0.495 e. The van der Waals surface area contributed by atoms with Crippen molar-refractivity contribution in [3.8, 4) is 5.75 Å². The molecule has 0 aliphatic heterocycles. The maximum atomic E-state index is 11.8. The lowest BCUT2D eigenvalue weighted by Gasteiger charge is -2.26. The molecule has 0 radical (unpaired) electrons. The zero-order chi connectivity index (χ0) is 14.8. The second kappa shape index (κ2) is 5.80. The van der Waals surface area contributed by atoms with Crippen molar-refractivity contribution in [1.82, 2.24) is 5.32 Å². The molecule has 1 amide bonds. The molecule has 1 saturated carbocycles. The van der Waals surface area contributed by atoms with E-state index in [2.05, 4.69) is 5.32 Å². The maximum Gasteiger partial charge on any atom is 0.241 e. The van der Waals surface area contributed by atoms with Gasteiger partial charge in [0.05, 0.1) is 13.5 Å².